The molecule has 0 atom stereocenters. The summed E-state index contributed by atoms with van der Waals surface area (Å²) in [5, 5.41) is 0. The second-order valence-corrected chi connectivity index (χ2v) is 2.41. The van der Waals surface area contributed by atoms with Crippen LogP contribution in [0, 0.1) is 5.92 Å². The van der Waals surface area contributed by atoms with Gasteiger partial charge in [0.2, 0.25) is 0 Å². The molecule has 1 aliphatic rings. The van der Waals surface area contributed by atoms with Crippen LogP contribution in [-0.4, -0.2) is 13.2 Å². The molecule has 50 valence electrons. The van der Waals surface area contributed by atoms with E-state index in [1.54, 1.807) is 0 Å². The summed E-state index contributed by atoms with van der Waals surface area (Å²) in [5.74, 6) is 0.884. The van der Waals surface area contributed by atoms with Gasteiger partial charge in [0.15, 0.2) is 0 Å². The molecule has 0 aromatic carbocycles. The number of epoxide rings is 1. The van der Waals surface area contributed by atoms with E-state index in [1.165, 1.54) is 6.42 Å². The third-order valence-corrected chi connectivity index (χ3v) is 1.02. The smallest absolute Gasteiger partial charge is 0.0701 e. The van der Waals surface area contributed by atoms with Crippen molar-refractivity contribution < 1.29 is 4.74 Å². The van der Waals surface area contributed by atoms with Gasteiger partial charge in [-0.05, 0) is 5.92 Å². The first-order chi connectivity index (χ1) is 3.77. The molecule has 0 amide bonds. The SMILES string of the molecule is C1CO1.CCC(C)C. The zero-order valence-corrected chi connectivity index (χ0v) is 6.11. The van der Waals surface area contributed by atoms with Crippen molar-refractivity contribution in [1.29, 1.82) is 0 Å². The second kappa shape index (κ2) is 5.10. The minimum Gasteiger partial charge on any atom is -0.377 e. The Hall–Kier alpha value is -0.0400. The molecule has 1 fully saturated rings. The highest BCUT2D eigenvalue weighted by Crippen LogP contribution is 1.93. The molecule has 8 heavy (non-hydrogen) atoms. The number of hydrogen-bond donors (Lipinski definition) is 0. The molecule has 1 saturated heterocycles. The van der Waals surface area contributed by atoms with Gasteiger partial charge in [-0.2, -0.15) is 0 Å². The standard InChI is InChI=1S/C5H12.C2H4O/c1-4-5(2)3;1-2-3-1/h5H,4H2,1-3H3;1-2H2. The summed E-state index contributed by atoms with van der Waals surface area (Å²) in [6.07, 6.45) is 1.31. The molecule has 0 radical (unpaired) electrons. The van der Waals surface area contributed by atoms with Crippen molar-refractivity contribution in [3.63, 3.8) is 0 Å². The number of rotatable bonds is 1. The molecule has 1 heteroatoms. The van der Waals surface area contributed by atoms with Crippen molar-refractivity contribution >= 4 is 0 Å². The van der Waals surface area contributed by atoms with E-state index < -0.39 is 0 Å². The average molecular weight is 116 g/mol. The maximum absolute atomic E-state index is 4.50. The highest BCUT2D eigenvalue weighted by Gasteiger charge is 1.94. The van der Waals surface area contributed by atoms with E-state index in [4.69, 9.17) is 0 Å². The Morgan fingerprint density at radius 3 is 1.62 bits per heavy atom. The predicted molar refractivity (Wildman–Crippen MR) is 35.9 cm³/mol. The Morgan fingerprint density at radius 2 is 1.62 bits per heavy atom. The summed E-state index contributed by atoms with van der Waals surface area (Å²) >= 11 is 0. The lowest BCUT2D eigenvalue weighted by molar-refractivity contribution is 0.475. The lowest BCUT2D eigenvalue weighted by Gasteiger charge is -1.90. The van der Waals surface area contributed by atoms with Gasteiger partial charge in [-0.3, -0.25) is 0 Å². The molecule has 0 unspecified atom stereocenters. The average Bonchev–Trinajstić information content (AvgIpc) is 2.48. The normalized spacial score (nSPS) is 15.0. The molecular formula is C7H16O. The van der Waals surface area contributed by atoms with Crippen molar-refractivity contribution in [2.24, 2.45) is 5.92 Å². The van der Waals surface area contributed by atoms with Crippen molar-refractivity contribution in [1.82, 2.24) is 0 Å². The first-order valence-corrected chi connectivity index (χ1v) is 3.35. The Morgan fingerprint density at radius 1 is 1.38 bits per heavy atom. The van der Waals surface area contributed by atoms with Crippen LogP contribution in [0.3, 0.4) is 0 Å². The largest absolute Gasteiger partial charge is 0.377 e. The van der Waals surface area contributed by atoms with Crippen LogP contribution in [0.4, 0.5) is 0 Å². The minimum atomic E-state index is 0.884. The Balaban J connectivity index is 0.000000135. The van der Waals surface area contributed by atoms with E-state index in [-0.39, 0.29) is 0 Å². The molecule has 1 nitrogen and oxygen atoms in total. The van der Waals surface area contributed by atoms with Gasteiger partial charge in [-0.1, -0.05) is 27.2 Å². The van der Waals surface area contributed by atoms with Crippen molar-refractivity contribution in [2.75, 3.05) is 13.2 Å². The summed E-state index contributed by atoms with van der Waals surface area (Å²) in [6.45, 7) is 8.64. The molecule has 0 aromatic rings. The van der Waals surface area contributed by atoms with Gasteiger partial charge in [0, 0.05) is 0 Å². The Kier molecular flexibility index (Phi) is 5.08. The molecule has 0 saturated carbocycles. The van der Waals surface area contributed by atoms with E-state index >= 15 is 0 Å². The molecular weight excluding hydrogens is 100 g/mol. The van der Waals surface area contributed by atoms with Gasteiger partial charge in [-0.15, -0.1) is 0 Å². The van der Waals surface area contributed by atoms with E-state index in [0.717, 1.165) is 19.1 Å². The monoisotopic (exact) mass is 116 g/mol. The van der Waals surface area contributed by atoms with Crippen molar-refractivity contribution in [3.05, 3.63) is 0 Å². The zero-order chi connectivity index (χ0) is 6.41. The van der Waals surface area contributed by atoms with Crippen LogP contribution in [0.25, 0.3) is 0 Å². The topological polar surface area (TPSA) is 12.5 Å². The highest BCUT2D eigenvalue weighted by atomic mass is 16.6. The number of ether oxygens (including phenoxy) is 1. The summed E-state index contributed by atoms with van der Waals surface area (Å²) in [6, 6.07) is 0. The fraction of sp³-hybridized carbons (Fsp3) is 1.00. The summed E-state index contributed by atoms with van der Waals surface area (Å²) in [4.78, 5) is 0. The van der Waals surface area contributed by atoms with Crippen LogP contribution in [0.15, 0.2) is 0 Å². The number of hydrogen-bond acceptors (Lipinski definition) is 1. The molecule has 0 aliphatic carbocycles. The highest BCUT2D eigenvalue weighted by molar-refractivity contribution is 4.36. The van der Waals surface area contributed by atoms with Crippen LogP contribution < -0.4 is 0 Å². The van der Waals surface area contributed by atoms with Crippen LogP contribution in [-0.2, 0) is 4.74 Å². The molecule has 1 heterocycles. The second-order valence-electron chi connectivity index (χ2n) is 2.41. The fourth-order valence-electron chi connectivity index (χ4n) is 0. The quantitative estimate of drug-likeness (QED) is 0.478. The molecule has 0 bridgehead atoms. The van der Waals surface area contributed by atoms with E-state index in [1.807, 2.05) is 0 Å². The van der Waals surface area contributed by atoms with Crippen molar-refractivity contribution in [2.45, 2.75) is 27.2 Å². The van der Waals surface area contributed by atoms with Crippen LogP contribution >= 0.6 is 0 Å². The van der Waals surface area contributed by atoms with Gasteiger partial charge in [0.1, 0.15) is 0 Å². The Bertz CT molecular complexity index is 36.9. The predicted octanol–water partition coefficient (Wildman–Crippen LogP) is 2.07. The van der Waals surface area contributed by atoms with E-state index in [9.17, 15) is 0 Å². The molecule has 0 spiro atoms. The van der Waals surface area contributed by atoms with Crippen molar-refractivity contribution in [3.8, 4) is 0 Å². The van der Waals surface area contributed by atoms with E-state index in [0.29, 0.717) is 0 Å². The van der Waals surface area contributed by atoms with Gasteiger partial charge < -0.3 is 4.74 Å². The molecule has 0 N–H and O–H groups in total. The molecule has 0 aromatic heterocycles. The zero-order valence-electron chi connectivity index (χ0n) is 6.11. The minimum absolute atomic E-state index is 0.884. The van der Waals surface area contributed by atoms with Crippen LogP contribution in [0.2, 0.25) is 0 Å². The third kappa shape index (κ3) is 16.7. The first-order valence-electron chi connectivity index (χ1n) is 3.35. The molecule has 1 aliphatic heterocycles. The summed E-state index contributed by atoms with van der Waals surface area (Å²) in [7, 11) is 0. The first kappa shape index (κ1) is 7.96. The molecule has 1 rings (SSSR count). The lowest BCUT2D eigenvalue weighted by atomic mass is 10.2. The maximum Gasteiger partial charge on any atom is 0.0701 e. The third-order valence-electron chi connectivity index (χ3n) is 1.02. The summed E-state index contributed by atoms with van der Waals surface area (Å²) in [5.41, 5.74) is 0. The maximum atomic E-state index is 4.50. The summed E-state index contributed by atoms with van der Waals surface area (Å²) < 4.78 is 4.50. The van der Waals surface area contributed by atoms with Crippen LogP contribution in [0.1, 0.15) is 27.2 Å². The Labute approximate surface area is 52.0 Å². The van der Waals surface area contributed by atoms with Gasteiger partial charge in [0.25, 0.3) is 0 Å². The van der Waals surface area contributed by atoms with E-state index in [2.05, 4.69) is 25.5 Å². The van der Waals surface area contributed by atoms with Crippen LogP contribution in [0.5, 0.6) is 0 Å². The fourth-order valence-corrected chi connectivity index (χ4v) is 0. The van der Waals surface area contributed by atoms with Gasteiger partial charge >= 0.3 is 0 Å². The van der Waals surface area contributed by atoms with Gasteiger partial charge in [-0.25, -0.2) is 0 Å². The lowest BCUT2D eigenvalue weighted by Crippen LogP contribution is -1.77. The van der Waals surface area contributed by atoms with Gasteiger partial charge in [0.05, 0.1) is 13.2 Å².